The van der Waals surface area contributed by atoms with Crippen molar-refractivity contribution in [1.82, 2.24) is 24.1 Å². The summed E-state index contributed by atoms with van der Waals surface area (Å²) in [5, 5.41) is 4.35. The number of allylic oxidation sites excluding steroid dienone is 1. The molecule has 2 aromatic rings. The summed E-state index contributed by atoms with van der Waals surface area (Å²) in [6.07, 6.45) is 2.21. The largest absolute Gasteiger partial charge is 0.444 e. The van der Waals surface area contributed by atoms with E-state index in [0.717, 1.165) is 11.7 Å². The Morgan fingerprint density at radius 3 is 2.55 bits per heavy atom. The first-order valence-electron chi connectivity index (χ1n) is 13.2. The van der Waals surface area contributed by atoms with Crippen LogP contribution in [0, 0.1) is 0 Å². The number of carbonyl (C=O) groups excluding carboxylic acids is 1. The molecule has 0 bridgehead atoms. The Balaban J connectivity index is 2.04. The molecule has 3 rings (SSSR count). The van der Waals surface area contributed by atoms with Gasteiger partial charge in [-0.15, -0.1) is 11.7 Å². The van der Waals surface area contributed by atoms with E-state index in [-0.39, 0.29) is 30.3 Å². The second-order valence-electron chi connectivity index (χ2n) is 12.3. The lowest BCUT2D eigenvalue weighted by Crippen LogP contribution is -2.56. The summed E-state index contributed by atoms with van der Waals surface area (Å²) in [4.78, 5) is 35.0. The van der Waals surface area contributed by atoms with Gasteiger partial charge in [0.1, 0.15) is 18.0 Å². The van der Waals surface area contributed by atoms with Crippen molar-refractivity contribution in [3.8, 4) is 0 Å². The van der Waals surface area contributed by atoms with Gasteiger partial charge in [0.25, 0.3) is 5.56 Å². The third-order valence-corrected chi connectivity index (χ3v) is 8.55. The number of halogens is 1. The van der Waals surface area contributed by atoms with Crippen molar-refractivity contribution in [2.75, 3.05) is 31.1 Å². The number of piperazine rings is 1. The zero-order valence-corrected chi connectivity index (χ0v) is 26.7. The quantitative estimate of drug-likeness (QED) is 0.222. The van der Waals surface area contributed by atoms with Crippen LogP contribution >= 0.6 is 15.9 Å². The highest BCUT2D eigenvalue weighted by Gasteiger charge is 2.34. The van der Waals surface area contributed by atoms with Gasteiger partial charge in [0.15, 0.2) is 0 Å². The van der Waals surface area contributed by atoms with E-state index in [4.69, 9.17) is 9.47 Å². The molecule has 12 heteroatoms. The standard InChI is InChI=1S/C26H43BrN6O4Si/c1-10-11-18(2)20-21(30-12-13-31(19(3)16-30)25(35)37-26(4,5)6)22(34)33-24(28-23(27)29-33)32(20)17-36-14-15-38(7,8)9/h10,18-19H,1,11-17H2,2-9H3/t18?,19-/m1/s1. The van der Waals surface area contributed by atoms with Crippen LogP contribution in [0.3, 0.4) is 0 Å². The third-order valence-electron chi connectivity index (χ3n) is 6.51. The summed E-state index contributed by atoms with van der Waals surface area (Å²) >= 11 is 3.35. The highest BCUT2D eigenvalue weighted by molar-refractivity contribution is 9.10. The molecule has 1 aliphatic rings. The normalized spacial score (nSPS) is 17.7. The molecule has 0 aliphatic carbocycles. The predicted octanol–water partition coefficient (Wildman–Crippen LogP) is 5.09. The first kappa shape index (κ1) is 30.4. The van der Waals surface area contributed by atoms with Gasteiger partial charge in [0.2, 0.25) is 10.5 Å². The van der Waals surface area contributed by atoms with Crippen molar-refractivity contribution in [1.29, 1.82) is 0 Å². The van der Waals surface area contributed by atoms with Crippen LogP contribution < -0.4 is 10.5 Å². The van der Waals surface area contributed by atoms with Crippen LogP contribution in [0.1, 0.15) is 52.7 Å². The molecule has 0 N–H and O–H groups in total. The van der Waals surface area contributed by atoms with Crippen molar-refractivity contribution < 1.29 is 14.3 Å². The summed E-state index contributed by atoms with van der Waals surface area (Å²) in [6.45, 7) is 22.8. The van der Waals surface area contributed by atoms with Gasteiger partial charge in [-0.3, -0.25) is 9.36 Å². The summed E-state index contributed by atoms with van der Waals surface area (Å²) in [5.74, 6) is 0.417. The fourth-order valence-corrected chi connectivity index (χ4v) is 5.68. The maximum Gasteiger partial charge on any atom is 0.410 e. The molecule has 1 unspecified atom stereocenters. The van der Waals surface area contributed by atoms with Crippen LogP contribution in [-0.4, -0.2) is 76.1 Å². The molecule has 2 atom stereocenters. The van der Waals surface area contributed by atoms with E-state index in [1.807, 2.05) is 38.3 Å². The molecule has 1 saturated heterocycles. The molecule has 3 heterocycles. The minimum atomic E-state index is -1.27. The van der Waals surface area contributed by atoms with Gasteiger partial charge in [0, 0.05) is 46.3 Å². The van der Waals surface area contributed by atoms with Crippen LogP contribution in [0.2, 0.25) is 25.7 Å². The molecule has 0 saturated carbocycles. The second-order valence-corrected chi connectivity index (χ2v) is 18.6. The lowest BCUT2D eigenvalue weighted by atomic mass is 10.00. The van der Waals surface area contributed by atoms with Crippen molar-refractivity contribution in [3.63, 3.8) is 0 Å². The number of hydrogen-bond acceptors (Lipinski definition) is 7. The number of nitrogens with zero attached hydrogens (tertiary/aromatic N) is 6. The Hall–Kier alpha value is -2.18. The predicted molar refractivity (Wildman–Crippen MR) is 157 cm³/mol. The first-order chi connectivity index (χ1) is 17.6. The van der Waals surface area contributed by atoms with E-state index in [0.29, 0.717) is 48.9 Å². The molecule has 38 heavy (non-hydrogen) atoms. The minimum Gasteiger partial charge on any atom is -0.444 e. The highest BCUT2D eigenvalue weighted by Crippen LogP contribution is 2.31. The van der Waals surface area contributed by atoms with Gasteiger partial charge in [-0.1, -0.05) is 32.6 Å². The Labute approximate surface area is 235 Å². The number of amides is 1. The van der Waals surface area contributed by atoms with E-state index in [9.17, 15) is 9.59 Å². The molecule has 1 aliphatic heterocycles. The van der Waals surface area contributed by atoms with E-state index in [1.54, 1.807) is 4.90 Å². The molecule has 0 radical (unpaired) electrons. The lowest BCUT2D eigenvalue weighted by molar-refractivity contribution is 0.0158. The Kier molecular flexibility index (Phi) is 9.52. The molecular formula is C26H43BrN6O4Si. The van der Waals surface area contributed by atoms with Crippen molar-refractivity contribution in [2.24, 2.45) is 0 Å². The number of hydrogen-bond donors (Lipinski definition) is 0. The van der Waals surface area contributed by atoms with Crippen molar-refractivity contribution in [2.45, 2.75) is 91.0 Å². The summed E-state index contributed by atoms with van der Waals surface area (Å²) in [5.41, 5.74) is 0.595. The van der Waals surface area contributed by atoms with Crippen LogP contribution in [0.4, 0.5) is 10.5 Å². The van der Waals surface area contributed by atoms with Crippen LogP contribution in [0.5, 0.6) is 0 Å². The Morgan fingerprint density at radius 2 is 1.97 bits per heavy atom. The third kappa shape index (κ3) is 7.26. The molecular weight excluding hydrogens is 568 g/mol. The van der Waals surface area contributed by atoms with Crippen LogP contribution in [0.25, 0.3) is 5.78 Å². The number of aromatic nitrogens is 4. The lowest BCUT2D eigenvalue weighted by Gasteiger charge is -2.41. The van der Waals surface area contributed by atoms with Gasteiger partial charge in [-0.2, -0.15) is 9.50 Å². The van der Waals surface area contributed by atoms with Gasteiger partial charge in [-0.05, 0) is 56.1 Å². The Bertz CT molecular complexity index is 1220. The monoisotopic (exact) mass is 610 g/mol. The number of fused-ring (bicyclic) bond motifs is 1. The topological polar surface area (TPSA) is 94.2 Å². The average Bonchev–Trinajstić information content (AvgIpc) is 3.17. The average molecular weight is 612 g/mol. The van der Waals surface area contributed by atoms with Crippen molar-refractivity contribution in [3.05, 3.63) is 33.4 Å². The van der Waals surface area contributed by atoms with E-state index < -0.39 is 13.7 Å². The highest BCUT2D eigenvalue weighted by atomic mass is 79.9. The van der Waals surface area contributed by atoms with Crippen LogP contribution in [0.15, 0.2) is 22.2 Å². The van der Waals surface area contributed by atoms with E-state index in [1.165, 1.54) is 4.52 Å². The van der Waals surface area contributed by atoms with E-state index >= 15 is 0 Å². The van der Waals surface area contributed by atoms with Crippen LogP contribution in [-0.2, 0) is 16.2 Å². The number of carbonyl (C=O) groups is 1. The summed E-state index contributed by atoms with van der Waals surface area (Å²) in [6, 6.07) is 0.884. The summed E-state index contributed by atoms with van der Waals surface area (Å²) in [7, 11) is -1.27. The molecule has 10 nitrogen and oxygen atoms in total. The SMILES string of the molecule is C=CCC(C)c1c(N2CCN(C(=O)OC(C)(C)C)[C@H](C)C2)c(=O)n2nc(Br)nc2n1COCC[Si](C)(C)C. The molecule has 1 fully saturated rings. The zero-order valence-electron chi connectivity index (χ0n) is 24.1. The molecule has 212 valence electrons. The number of anilines is 1. The number of rotatable bonds is 9. The second kappa shape index (κ2) is 11.9. The summed E-state index contributed by atoms with van der Waals surface area (Å²) < 4.78 is 15.4. The molecule has 0 aromatic carbocycles. The maximum atomic E-state index is 13.9. The zero-order chi connectivity index (χ0) is 28.4. The van der Waals surface area contributed by atoms with Crippen molar-refractivity contribution >= 4 is 41.6 Å². The fraction of sp³-hybridized carbons (Fsp3) is 0.692. The van der Waals surface area contributed by atoms with Gasteiger partial charge < -0.3 is 19.3 Å². The minimum absolute atomic E-state index is 0.0181. The van der Waals surface area contributed by atoms with Gasteiger partial charge in [0.05, 0.1) is 5.69 Å². The smallest absolute Gasteiger partial charge is 0.410 e. The molecule has 1 amide bonds. The van der Waals surface area contributed by atoms with Gasteiger partial charge in [-0.25, -0.2) is 4.79 Å². The fourth-order valence-electron chi connectivity index (χ4n) is 4.61. The maximum absolute atomic E-state index is 13.9. The first-order valence-corrected chi connectivity index (χ1v) is 17.7. The number of ether oxygens (including phenoxy) is 2. The Morgan fingerprint density at radius 1 is 1.29 bits per heavy atom. The molecule has 2 aromatic heterocycles. The molecule has 0 spiro atoms. The van der Waals surface area contributed by atoms with Gasteiger partial charge >= 0.3 is 6.09 Å². The van der Waals surface area contributed by atoms with E-state index in [2.05, 4.69) is 64.1 Å².